The Labute approximate surface area is 181 Å². The van der Waals surface area contributed by atoms with Crippen molar-refractivity contribution in [3.8, 4) is 11.3 Å². The van der Waals surface area contributed by atoms with Crippen LogP contribution in [0, 0.1) is 6.92 Å². The molecule has 2 aromatic carbocycles. The predicted octanol–water partition coefficient (Wildman–Crippen LogP) is 4.57. The van der Waals surface area contributed by atoms with Crippen LogP contribution in [-0.2, 0) is 0 Å². The standard InChI is InChI=1S/C25H26N6/c1-16-11-19(5-6-24(16)31-15-20-13-21(31)14-30(20)2)28-25-27-10-8-22(29-25)18-4-3-17-7-9-26-23(17)12-18/h3-12,20-21,26H,13-15H2,1-2H3,(H,27,28,29). The summed E-state index contributed by atoms with van der Waals surface area (Å²) >= 11 is 0. The van der Waals surface area contributed by atoms with Crippen LogP contribution >= 0.6 is 0 Å². The Hall–Kier alpha value is -3.38. The lowest BCUT2D eigenvalue weighted by atomic mass is 10.1. The van der Waals surface area contributed by atoms with E-state index in [4.69, 9.17) is 4.98 Å². The van der Waals surface area contributed by atoms with Crippen LogP contribution in [0.15, 0.2) is 60.9 Å². The number of aryl methyl sites for hydroxylation is 1. The van der Waals surface area contributed by atoms with Crippen molar-refractivity contribution in [1.29, 1.82) is 0 Å². The maximum absolute atomic E-state index is 4.75. The summed E-state index contributed by atoms with van der Waals surface area (Å²) in [6.07, 6.45) is 5.05. The first-order valence-electron chi connectivity index (χ1n) is 10.9. The molecule has 0 radical (unpaired) electrons. The van der Waals surface area contributed by atoms with Gasteiger partial charge in [0.2, 0.25) is 5.95 Å². The van der Waals surface area contributed by atoms with E-state index in [0.29, 0.717) is 18.0 Å². The topological polar surface area (TPSA) is 60.1 Å². The maximum atomic E-state index is 4.75. The third-order valence-electron chi connectivity index (χ3n) is 6.78. The Morgan fingerprint density at radius 1 is 1.03 bits per heavy atom. The van der Waals surface area contributed by atoms with E-state index in [0.717, 1.165) is 29.0 Å². The van der Waals surface area contributed by atoms with Crippen molar-refractivity contribution in [2.24, 2.45) is 0 Å². The highest BCUT2D eigenvalue weighted by Crippen LogP contribution is 2.36. The van der Waals surface area contributed by atoms with Gasteiger partial charge in [-0.2, -0.15) is 0 Å². The Balaban J connectivity index is 1.23. The number of likely N-dealkylation sites (N-methyl/N-ethyl adjacent to an activating group) is 1. The first-order chi connectivity index (χ1) is 15.1. The molecule has 6 nitrogen and oxygen atoms in total. The van der Waals surface area contributed by atoms with E-state index in [9.17, 15) is 0 Å². The number of hydrogen-bond donors (Lipinski definition) is 2. The zero-order chi connectivity index (χ0) is 20.9. The summed E-state index contributed by atoms with van der Waals surface area (Å²) in [7, 11) is 2.24. The number of nitrogens with one attached hydrogen (secondary N) is 2. The van der Waals surface area contributed by atoms with Gasteiger partial charge in [0.15, 0.2) is 0 Å². The molecule has 156 valence electrons. The molecule has 2 aromatic heterocycles. The van der Waals surface area contributed by atoms with E-state index in [1.54, 1.807) is 0 Å². The molecule has 4 aromatic rings. The molecular weight excluding hydrogens is 384 g/mol. The van der Waals surface area contributed by atoms with Crippen LogP contribution in [0.2, 0.25) is 0 Å². The Morgan fingerprint density at radius 3 is 2.77 bits per heavy atom. The van der Waals surface area contributed by atoms with Gasteiger partial charge in [0.25, 0.3) is 0 Å². The monoisotopic (exact) mass is 410 g/mol. The summed E-state index contributed by atoms with van der Waals surface area (Å²) in [6, 6.07) is 18.3. The predicted molar refractivity (Wildman–Crippen MR) is 126 cm³/mol. The molecule has 0 saturated carbocycles. The van der Waals surface area contributed by atoms with Crippen LogP contribution in [0.25, 0.3) is 22.2 Å². The molecule has 31 heavy (non-hydrogen) atoms. The summed E-state index contributed by atoms with van der Waals surface area (Å²) in [5, 5.41) is 4.59. The fourth-order valence-corrected chi connectivity index (χ4v) is 5.13. The maximum Gasteiger partial charge on any atom is 0.227 e. The summed E-state index contributed by atoms with van der Waals surface area (Å²) in [5.74, 6) is 0.609. The van der Waals surface area contributed by atoms with E-state index in [1.807, 2.05) is 18.5 Å². The van der Waals surface area contributed by atoms with Gasteiger partial charge >= 0.3 is 0 Å². The molecule has 2 N–H and O–H groups in total. The number of rotatable bonds is 4. The van der Waals surface area contributed by atoms with Crippen LogP contribution in [0.3, 0.4) is 0 Å². The van der Waals surface area contributed by atoms with Gasteiger partial charge in [0, 0.05) is 60.0 Å². The van der Waals surface area contributed by atoms with Crippen molar-refractivity contribution in [1.82, 2.24) is 19.9 Å². The van der Waals surface area contributed by atoms with Crippen molar-refractivity contribution in [2.45, 2.75) is 25.4 Å². The Morgan fingerprint density at radius 2 is 1.97 bits per heavy atom. The number of piperazine rings is 1. The molecule has 2 bridgehead atoms. The zero-order valence-electron chi connectivity index (χ0n) is 17.8. The van der Waals surface area contributed by atoms with Crippen LogP contribution in [0.5, 0.6) is 0 Å². The second-order valence-electron chi connectivity index (χ2n) is 8.81. The Bertz CT molecular complexity index is 1260. The quantitative estimate of drug-likeness (QED) is 0.516. The van der Waals surface area contributed by atoms with E-state index < -0.39 is 0 Å². The summed E-state index contributed by atoms with van der Waals surface area (Å²) in [5.41, 5.74) is 6.73. The van der Waals surface area contributed by atoms with E-state index >= 15 is 0 Å². The first kappa shape index (κ1) is 18.4. The fraction of sp³-hybridized carbons (Fsp3) is 0.280. The summed E-state index contributed by atoms with van der Waals surface area (Å²) in [6.45, 7) is 4.49. The minimum absolute atomic E-state index is 0.609. The molecule has 6 rings (SSSR count). The van der Waals surface area contributed by atoms with E-state index in [1.165, 1.54) is 29.6 Å². The van der Waals surface area contributed by atoms with Crippen molar-refractivity contribution in [2.75, 3.05) is 30.4 Å². The van der Waals surface area contributed by atoms with Gasteiger partial charge in [0.05, 0.1) is 5.69 Å². The number of aromatic nitrogens is 3. The molecule has 2 aliphatic rings. The largest absolute Gasteiger partial charge is 0.365 e. The summed E-state index contributed by atoms with van der Waals surface area (Å²) < 4.78 is 0. The van der Waals surface area contributed by atoms with Gasteiger partial charge in [-0.05, 0) is 67.7 Å². The minimum Gasteiger partial charge on any atom is -0.365 e. The number of hydrogen-bond acceptors (Lipinski definition) is 5. The first-order valence-corrected chi connectivity index (χ1v) is 10.9. The molecule has 0 spiro atoms. The SMILES string of the molecule is Cc1cc(Nc2nccc(-c3ccc4cc[nH]c4c3)n2)ccc1N1CC2CC1CN2C. The average molecular weight is 411 g/mol. The molecule has 2 saturated heterocycles. The number of likely N-dealkylation sites (tertiary alicyclic amines) is 1. The molecule has 2 fully saturated rings. The average Bonchev–Trinajstić information content (AvgIpc) is 3.49. The second-order valence-corrected chi connectivity index (χ2v) is 8.81. The number of fused-ring (bicyclic) bond motifs is 3. The minimum atomic E-state index is 0.609. The number of anilines is 3. The molecule has 2 aliphatic heterocycles. The van der Waals surface area contributed by atoms with Gasteiger partial charge in [-0.15, -0.1) is 0 Å². The lowest BCUT2D eigenvalue weighted by molar-refractivity contribution is 0.292. The third-order valence-corrected chi connectivity index (χ3v) is 6.78. The zero-order valence-corrected chi connectivity index (χ0v) is 17.8. The van der Waals surface area contributed by atoms with Crippen LogP contribution < -0.4 is 10.2 Å². The second kappa shape index (κ2) is 7.10. The molecular formula is C25H26N6. The van der Waals surface area contributed by atoms with Crippen LogP contribution in [0.1, 0.15) is 12.0 Å². The molecule has 6 heteroatoms. The van der Waals surface area contributed by atoms with Gasteiger partial charge in [-0.3, -0.25) is 4.90 Å². The highest BCUT2D eigenvalue weighted by Gasteiger charge is 2.41. The van der Waals surface area contributed by atoms with Crippen LogP contribution in [0.4, 0.5) is 17.3 Å². The lowest BCUT2D eigenvalue weighted by Gasteiger charge is -2.34. The number of H-pyrrole nitrogens is 1. The number of benzene rings is 2. The number of nitrogens with zero attached hydrogens (tertiary/aromatic N) is 4. The fourth-order valence-electron chi connectivity index (χ4n) is 5.13. The van der Waals surface area contributed by atoms with Gasteiger partial charge in [-0.1, -0.05) is 12.1 Å². The van der Waals surface area contributed by atoms with Gasteiger partial charge in [0.1, 0.15) is 0 Å². The molecule has 0 amide bonds. The van der Waals surface area contributed by atoms with Crippen molar-refractivity contribution < 1.29 is 0 Å². The molecule has 2 atom stereocenters. The number of aromatic amines is 1. The van der Waals surface area contributed by atoms with E-state index in [2.05, 4.69) is 81.5 Å². The highest BCUT2D eigenvalue weighted by atomic mass is 15.3. The van der Waals surface area contributed by atoms with Crippen LogP contribution in [-0.4, -0.2) is 52.1 Å². The normalized spacial score (nSPS) is 20.6. The van der Waals surface area contributed by atoms with Gasteiger partial charge < -0.3 is 15.2 Å². The summed E-state index contributed by atoms with van der Waals surface area (Å²) in [4.78, 5) is 17.5. The van der Waals surface area contributed by atoms with Crippen molar-refractivity contribution >= 4 is 28.2 Å². The lowest BCUT2D eigenvalue weighted by Crippen LogP contribution is -2.44. The van der Waals surface area contributed by atoms with Gasteiger partial charge in [-0.25, -0.2) is 9.97 Å². The third kappa shape index (κ3) is 3.24. The Kier molecular flexibility index (Phi) is 4.21. The smallest absolute Gasteiger partial charge is 0.227 e. The molecule has 2 unspecified atom stereocenters. The highest BCUT2D eigenvalue weighted by molar-refractivity contribution is 5.84. The van der Waals surface area contributed by atoms with Crippen molar-refractivity contribution in [3.05, 3.63) is 66.5 Å². The molecule has 4 heterocycles. The van der Waals surface area contributed by atoms with E-state index in [-0.39, 0.29) is 0 Å². The van der Waals surface area contributed by atoms with Crippen molar-refractivity contribution in [3.63, 3.8) is 0 Å². The molecule has 0 aliphatic carbocycles.